The summed E-state index contributed by atoms with van der Waals surface area (Å²) >= 11 is 0. The van der Waals surface area contributed by atoms with Crippen LogP contribution < -0.4 is 0 Å². The molecule has 1 saturated heterocycles. The van der Waals surface area contributed by atoms with Gasteiger partial charge in [0, 0.05) is 5.92 Å². The van der Waals surface area contributed by atoms with Crippen LogP contribution in [0.4, 0.5) is 0 Å². The van der Waals surface area contributed by atoms with Crippen molar-refractivity contribution in [3.05, 3.63) is 0 Å². The van der Waals surface area contributed by atoms with Crippen molar-refractivity contribution in [3.8, 4) is 0 Å². The first-order valence-electron chi connectivity index (χ1n) is 4.01. The summed E-state index contributed by atoms with van der Waals surface area (Å²) < 4.78 is 5.17. The average molecular weight is 174 g/mol. The van der Waals surface area contributed by atoms with Gasteiger partial charge < -0.3 is 14.9 Å². The number of aliphatic carboxylic acids is 1. The zero-order valence-electron chi connectivity index (χ0n) is 7.28. The van der Waals surface area contributed by atoms with Crippen LogP contribution in [0.1, 0.15) is 20.3 Å². The fraction of sp³-hybridized carbons (Fsp3) is 0.875. The summed E-state index contributed by atoms with van der Waals surface area (Å²) in [7, 11) is 0. The number of ether oxygens (including phenoxy) is 1. The van der Waals surface area contributed by atoms with E-state index < -0.39 is 11.6 Å². The Morgan fingerprint density at radius 3 is 2.58 bits per heavy atom. The van der Waals surface area contributed by atoms with Crippen molar-refractivity contribution in [3.63, 3.8) is 0 Å². The van der Waals surface area contributed by atoms with Gasteiger partial charge in [0.2, 0.25) is 0 Å². The first-order chi connectivity index (χ1) is 5.46. The molecule has 3 atom stereocenters. The second-order valence-electron chi connectivity index (χ2n) is 3.48. The van der Waals surface area contributed by atoms with E-state index in [0.717, 1.165) is 0 Å². The summed E-state index contributed by atoms with van der Waals surface area (Å²) in [6.07, 6.45) is -0.298. The Morgan fingerprint density at radius 2 is 2.25 bits per heavy atom. The second-order valence-corrected chi connectivity index (χ2v) is 3.48. The molecule has 70 valence electrons. The van der Waals surface area contributed by atoms with Gasteiger partial charge in [-0.25, -0.2) is 0 Å². The number of hydrogen-bond donors (Lipinski definition) is 2. The van der Waals surface area contributed by atoms with Crippen LogP contribution in [0.15, 0.2) is 0 Å². The largest absolute Gasteiger partial charge is 0.481 e. The van der Waals surface area contributed by atoms with Gasteiger partial charge >= 0.3 is 5.97 Å². The Bertz CT molecular complexity index is 191. The van der Waals surface area contributed by atoms with Gasteiger partial charge in [0.15, 0.2) is 0 Å². The van der Waals surface area contributed by atoms with E-state index in [1.54, 1.807) is 6.92 Å². The van der Waals surface area contributed by atoms with Crippen LogP contribution in [0.25, 0.3) is 0 Å². The minimum absolute atomic E-state index is 0.0608. The van der Waals surface area contributed by atoms with Crippen molar-refractivity contribution in [1.82, 2.24) is 0 Å². The number of aliphatic hydroxyl groups is 1. The highest BCUT2D eigenvalue weighted by atomic mass is 16.5. The Labute approximate surface area is 71.2 Å². The zero-order valence-corrected chi connectivity index (χ0v) is 7.28. The summed E-state index contributed by atoms with van der Waals surface area (Å²) in [6, 6.07) is 0. The van der Waals surface area contributed by atoms with E-state index in [1.165, 1.54) is 0 Å². The van der Waals surface area contributed by atoms with Crippen molar-refractivity contribution in [1.29, 1.82) is 0 Å². The van der Waals surface area contributed by atoms with E-state index in [2.05, 4.69) is 0 Å². The normalized spacial score (nSPS) is 41.6. The molecule has 4 nitrogen and oxygen atoms in total. The van der Waals surface area contributed by atoms with Crippen LogP contribution in [-0.4, -0.2) is 34.5 Å². The van der Waals surface area contributed by atoms with Crippen molar-refractivity contribution < 1.29 is 19.7 Å². The third-order valence-electron chi connectivity index (χ3n) is 2.61. The fourth-order valence-electron chi connectivity index (χ4n) is 1.46. The standard InChI is InChI=1S/C8H14O4/c1-5-6(2)12-4-8(5,11)3-7(9)10/h5-6,11H,3-4H2,1-2H3,(H,9,10)/t5-,6-,8+/m0/s1. The van der Waals surface area contributed by atoms with E-state index in [9.17, 15) is 9.90 Å². The molecule has 0 unspecified atom stereocenters. The van der Waals surface area contributed by atoms with Crippen LogP contribution >= 0.6 is 0 Å². The zero-order chi connectivity index (χ0) is 9.35. The highest BCUT2D eigenvalue weighted by Gasteiger charge is 2.45. The third kappa shape index (κ3) is 1.59. The van der Waals surface area contributed by atoms with Gasteiger partial charge in [0.25, 0.3) is 0 Å². The Morgan fingerprint density at radius 1 is 1.67 bits per heavy atom. The van der Waals surface area contributed by atoms with Crippen LogP contribution in [0.5, 0.6) is 0 Å². The molecule has 2 N–H and O–H groups in total. The second kappa shape index (κ2) is 3.03. The number of carboxylic acids is 1. The average Bonchev–Trinajstić information content (AvgIpc) is 2.16. The van der Waals surface area contributed by atoms with Crippen molar-refractivity contribution >= 4 is 5.97 Å². The fourth-order valence-corrected chi connectivity index (χ4v) is 1.46. The maximum Gasteiger partial charge on any atom is 0.306 e. The van der Waals surface area contributed by atoms with E-state index >= 15 is 0 Å². The molecule has 0 bridgehead atoms. The monoisotopic (exact) mass is 174 g/mol. The summed E-state index contributed by atoms with van der Waals surface area (Å²) in [4.78, 5) is 10.4. The summed E-state index contributed by atoms with van der Waals surface area (Å²) in [5.41, 5.74) is -1.18. The van der Waals surface area contributed by atoms with E-state index in [4.69, 9.17) is 9.84 Å². The van der Waals surface area contributed by atoms with E-state index in [0.29, 0.717) is 0 Å². The molecule has 1 rings (SSSR count). The smallest absolute Gasteiger partial charge is 0.306 e. The highest BCUT2D eigenvalue weighted by Crippen LogP contribution is 2.32. The lowest BCUT2D eigenvalue weighted by Gasteiger charge is -2.24. The molecule has 1 aliphatic rings. The van der Waals surface area contributed by atoms with Crippen LogP contribution in [0, 0.1) is 5.92 Å². The molecule has 4 heteroatoms. The molecule has 0 spiro atoms. The first-order valence-corrected chi connectivity index (χ1v) is 4.01. The van der Waals surface area contributed by atoms with Crippen LogP contribution in [-0.2, 0) is 9.53 Å². The molecule has 0 aromatic carbocycles. The molecule has 1 aliphatic heterocycles. The summed E-state index contributed by atoms with van der Waals surface area (Å²) in [5.74, 6) is -1.10. The SMILES string of the molecule is C[C@@H]1OC[C@](O)(CC(=O)O)[C@H]1C. The van der Waals surface area contributed by atoms with E-state index in [-0.39, 0.29) is 25.0 Å². The number of carboxylic acid groups (broad SMARTS) is 1. The Balaban J connectivity index is 2.65. The number of hydrogen-bond acceptors (Lipinski definition) is 3. The lowest BCUT2D eigenvalue weighted by molar-refractivity contribution is -0.143. The van der Waals surface area contributed by atoms with Gasteiger partial charge in [0.1, 0.15) is 5.60 Å². The van der Waals surface area contributed by atoms with Gasteiger partial charge in [-0.2, -0.15) is 0 Å². The van der Waals surface area contributed by atoms with Crippen molar-refractivity contribution in [2.75, 3.05) is 6.61 Å². The van der Waals surface area contributed by atoms with Gasteiger partial charge in [-0.05, 0) is 6.92 Å². The number of carbonyl (C=O) groups is 1. The molecular formula is C8H14O4. The lowest BCUT2D eigenvalue weighted by Crippen LogP contribution is -2.39. The topological polar surface area (TPSA) is 66.8 Å². The minimum Gasteiger partial charge on any atom is -0.481 e. The molecule has 0 aromatic rings. The van der Waals surface area contributed by atoms with Gasteiger partial charge in [-0.1, -0.05) is 6.92 Å². The van der Waals surface area contributed by atoms with Gasteiger partial charge in [0.05, 0.1) is 19.1 Å². The third-order valence-corrected chi connectivity index (χ3v) is 2.61. The molecule has 0 aliphatic carbocycles. The molecule has 0 radical (unpaired) electrons. The summed E-state index contributed by atoms with van der Waals surface area (Å²) in [5, 5.41) is 18.3. The molecule has 0 saturated carbocycles. The lowest BCUT2D eigenvalue weighted by atomic mass is 9.86. The maximum atomic E-state index is 10.4. The summed E-state index contributed by atoms with van der Waals surface area (Å²) in [6.45, 7) is 3.77. The highest BCUT2D eigenvalue weighted by molar-refractivity contribution is 5.68. The Hall–Kier alpha value is -0.610. The van der Waals surface area contributed by atoms with Gasteiger partial charge in [-0.3, -0.25) is 4.79 Å². The molecule has 0 amide bonds. The predicted molar refractivity (Wildman–Crippen MR) is 41.8 cm³/mol. The molecular weight excluding hydrogens is 160 g/mol. The number of rotatable bonds is 2. The molecule has 12 heavy (non-hydrogen) atoms. The molecule has 1 heterocycles. The first kappa shape index (κ1) is 9.48. The van der Waals surface area contributed by atoms with Gasteiger partial charge in [-0.15, -0.1) is 0 Å². The minimum atomic E-state index is -1.18. The Kier molecular flexibility index (Phi) is 2.39. The maximum absolute atomic E-state index is 10.4. The quantitative estimate of drug-likeness (QED) is 0.629. The van der Waals surface area contributed by atoms with Crippen molar-refractivity contribution in [2.24, 2.45) is 5.92 Å². The molecule has 0 aromatic heterocycles. The van der Waals surface area contributed by atoms with Crippen LogP contribution in [0.2, 0.25) is 0 Å². The van der Waals surface area contributed by atoms with E-state index in [1.807, 2.05) is 6.92 Å². The predicted octanol–water partition coefficient (Wildman–Crippen LogP) is 0.247. The van der Waals surface area contributed by atoms with Crippen LogP contribution in [0.3, 0.4) is 0 Å². The van der Waals surface area contributed by atoms with Crippen molar-refractivity contribution in [2.45, 2.75) is 32.0 Å². The molecule has 1 fully saturated rings.